The molecule has 0 radical (unpaired) electrons. The number of aromatic nitrogens is 4. The molecule has 25 heavy (non-hydrogen) atoms. The Kier molecular flexibility index (Phi) is 4.65. The molecule has 2 aromatic heterocycles. The molecular weight excluding hydrogens is 354 g/mol. The van der Waals surface area contributed by atoms with Gasteiger partial charge in [-0.05, 0) is 71.2 Å². The molecule has 0 aliphatic carbocycles. The van der Waals surface area contributed by atoms with Crippen LogP contribution in [0.5, 0.6) is 5.75 Å². The van der Waals surface area contributed by atoms with Gasteiger partial charge < -0.3 is 4.74 Å². The van der Waals surface area contributed by atoms with Crippen molar-refractivity contribution < 1.29 is 4.74 Å². The highest BCUT2D eigenvalue weighted by atomic mass is 32.1. The van der Waals surface area contributed by atoms with Crippen LogP contribution in [0.15, 0.2) is 41.8 Å². The summed E-state index contributed by atoms with van der Waals surface area (Å²) in [5.41, 5.74) is 0.883. The Bertz CT molecular complexity index is 885. The number of hydrogen-bond acceptors (Lipinski definition) is 6. The molecule has 3 heterocycles. The van der Waals surface area contributed by atoms with E-state index < -0.39 is 0 Å². The largest absolute Gasteiger partial charge is 0.497 e. The SMILES string of the molecule is COc1ccc(-n2nnn(CN3CCC[C@@H]3c3cccs3)c2=S)cc1. The maximum absolute atomic E-state index is 5.59. The summed E-state index contributed by atoms with van der Waals surface area (Å²) in [5.74, 6) is 0.804. The first-order valence-corrected chi connectivity index (χ1v) is 9.50. The molecule has 130 valence electrons. The van der Waals surface area contributed by atoms with Gasteiger partial charge in [0.05, 0.1) is 19.5 Å². The van der Waals surface area contributed by atoms with Gasteiger partial charge in [-0.25, -0.2) is 4.68 Å². The van der Waals surface area contributed by atoms with Gasteiger partial charge in [-0.3, -0.25) is 4.90 Å². The van der Waals surface area contributed by atoms with Crippen LogP contribution in [0.2, 0.25) is 0 Å². The quantitative estimate of drug-likeness (QED) is 0.639. The van der Waals surface area contributed by atoms with E-state index in [0.29, 0.717) is 17.5 Å². The Morgan fingerprint density at radius 2 is 2.08 bits per heavy atom. The van der Waals surface area contributed by atoms with Gasteiger partial charge in [-0.1, -0.05) is 6.07 Å². The van der Waals surface area contributed by atoms with Crippen LogP contribution in [0.3, 0.4) is 0 Å². The van der Waals surface area contributed by atoms with E-state index in [-0.39, 0.29) is 0 Å². The fourth-order valence-electron chi connectivity index (χ4n) is 3.22. The van der Waals surface area contributed by atoms with Crippen LogP contribution in [-0.2, 0) is 6.67 Å². The lowest BCUT2D eigenvalue weighted by Crippen LogP contribution is -2.26. The van der Waals surface area contributed by atoms with Gasteiger partial charge in [0.25, 0.3) is 0 Å². The Morgan fingerprint density at radius 3 is 2.80 bits per heavy atom. The summed E-state index contributed by atoms with van der Waals surface area (Å²) in [4.78, 5) is 3.83. The summed E-state index contributed by atoms with van der Waals surface area (Å²) in [6, 6.07) is 12.4. The highest BCUT2D eigenvalue weighted by Crippen LogP contribution is 2.34. The van der Waals surface area contributed by atoms with E-state index in [2.05, 4.69) is 32.8 Å². The molecule has 4 rings (SSSR count). The lowest BCUT2D eigenvalue weighted by Gasteiger charge is -2.22. The maximum Gasteiger partial charge on any atom is 0.221 e. The van der Waals surface area contributed by atoms with Crippen molar-refractivity contribution in [3.05, 3.63) is 51.4 Å². The number of ether oxygens (including phenoxy) is 1. The van der Waals surface area contributed by atoms with Crippen molar-refractivity contribution in [2.45, 2.75) is 25.6 Å². The molecule has 0 N–H and O–H groups in total. The van der Waals surface area contributed by atoms with Crippen LogP contribution in [0.1, 0.15) is 23.8 Å². The van der Waals surface area contributed by atoms with Crippen molar-refractivity contribution in [2.75, 3.05) is 13.7 Å². The number of thiophene rings is 1. The molecule has 0 bridgehead atoms. The van der Waals surface area contributed by atoms with Crippen LogP contribution < -0.4 is 4.74 Å². The highest BCUT2D eigenvalue weighted by Gasteiger charge is 2.27. The van der Waals surface area contributed by atoms with Crippen molar-refractivity contribution in [3.63, 3.8) is 0 Å². The predicted molar refractivity (Wildman–Crippen MR) is 99.7 cm³/mol. The third-order valence-electron chi connectivity index (χ3n) is 4.51. The first-order valence-electron chi connectivity index (χ1n) is 8.21. The van der Waals surface area contributed by atoms with Gasteiger partial charge in [0.15, 0.2) is 0 Å². The summed E-state index contributed by atoms with van der Waals surface area (Å²) in [7, 11) is 1.65. The minimum atomic E-state index is 0.452. The van der Waals surface area contributed by atoms with Crippen molar-refractivity contribution in [3.8, 4) is 11.4 Å². The predicted octanol–water partition coefficient (Wildman–Crippen LogP) is 3.66. The second-order valence-corrected chi connectivity index (χ2v) is 7.34. The van der Waals surface area contributed by atoms with Gasteiger partial charge in [0.2, 0.25) is 4.77 Å². The summed E-state index contributed by atoms with van der Waals surface area (Å²) >= 11 is 7.40. The number of benzene rings is 1. The Morgan fingerprint density at radius 1 is 1.24 bits per heavy atom. The lowest BCUT2D eigenvalue weighted by molar-refractivity contribution is 0.190. The van der Waals surface area contributed by atoms with E-state index in [4.69, 9.17) is 17.0 Å². The Labute approximate surface area is 155 Å². The number of likely N-dealkylation sites (tertiary alicyclic amines) is 1. The summed E-state index contributed by atoms with van der Waals surface area (Å²) in [6.45, 7) is 1.72. The van der Waals surface area contributed by atoms with Crippen LogP contribution >= 0.6 is 23.6 Å². The van der Waals surface area contributed by atoms with Crippen LogP contribution in [0.4, 0.5) is 0 Å². The minimum Gasteiger partial charge on any atom is -0.497 e. The zero-order valence-electron chi connectivity index (χ0n) is 13.9. The first kappa shape index (κ1) is 16.4. The van der Waals surface area contributed by atoms with E-state index >= 15 is 0 Å². The average molecular weight is 374 g/mol. The minimum absolute atomic E-state index is 0.452. The normalized spacial score (nSPS) is 17.9. The second-order valence-electron chi connectivity index (χ2n) is 6.00. The molecule has 1 fully saturated rings. The van der Waals surface area contributed by atoms with Crippen LogP contribution in [0, 0.1) is 4.77 Å². The van der Waals surface area contributed by atoms with Gasteiger partial charge in [-0.15, -0.1) is 11.3 Å². The monoisotopic (exact) mass is 373 g/mol. The van der Waals surface area contributed by atoms with E-state index in [0.717, 1.165) is 18.0 Å². The Hall–Kier alpha value is -2.03. The first-order chi connectivity index (χ1) is 12.3. The van der Waals surface area contributed by atoms with E-state index in [1.807, 2.05) is 35.6 Å². The van der Waals surface area contributed by atoms with Crippen molar-refractivity contribution in [1.82, 2.24) is 24.7 Å². The summed E-state index contributed by atoms with van der Waals surface area (Å²) in [6.07, 6.45) is 2.38. The fourth-order valence-corrected chi connectivity index (χ4v) is 4.35. The van der Waals surface area contributed by atoms with Gasteiger partial charge in [0, 0.05) is 17.5 Å². The standard InChI is InChI=1S/C17H19N5OS2/c1-23-14-8-6-13(7-9-14)22-17(24)21(18-19-22)12-20-10-2-4-15(20)16-5-3-11-25-16/h3,5-9,11,15H,2,4,10,12H2,1H3/t15-/m1/s1. The lowest BCUT2D eigenvalue weighted by atomic mass is 10.2. The van der Waals surface area contributed by atoms with Gasteiger partial charge in [0.1, 0.15) is 5.75 Å². The third-order valence-corrected chi connectivity index (χ3v) is 5.86. The maximum atomic E-state index is 5.59. The zero-order valence-corrected chi connectivity index (χ0v) is 15.5. The second kappa shape index (κ2) is 7.07. The number of methoxy groups -OCH3 is 1. The topological polar surface area (TPSA) is 48.1 Å². The molecular formula is C17H19N5OS2. The summed E-state index contributed by atoms with van der Waals surface area (Å²) < 4.78 is 9.28. The molecule has 1 saturated heterocycles. The molecule has 0 unspecified atom stereocenters. The average Bonchev–Trinajstić information content (AvgIpc) is 3.38. The molecule has 0 spiro atoms. The summed E-state index contributed by atoms with van der Waals surface area (Å²) in [5, 5.41) is 10.6. The van der Waals surface area contributed by atoms with E-state index in [1.165, 1.54) is 17.7 Å². The number of hydrogen-bond donors (Lipinski definition) is 0. The number of nitrogens with zero attached hydrogens (tertiary/aromatic N) is 5. The van der Waals surface area contributed by atoms with E-state index in [9.17, 15) is 0 Å². The fraction of sp³-hybridized carbons (Fsp3) is 0.353. The zero-order chi connectivity index (χ0) is 17.2. The van der Waals surface area contributed by atoms with Gasteiger partial charge in [-0.2, -0.15) is 4.68 Å². The molecule has 1 aromatic carbocycles. The molecule has 8 heteroatoms. The van der Waals surface area contributed by atoms with Gasteiger partial charge >= 0.3 is 0 Å². The van der Waals surface area contributed by atoms with Crippen molar-refractivity contribution in [1.29, 1.82) is 0 Å². The third kappa shape index (κ3) is 3.24. The molecule has 1 aliphatic heterocycles. The highest BCUT2D eigenvalue weighted by molar-refractivity contribution is 7.71. The molecule has 1 aliphatic rings. The molecule has 6 nitrogen and oxygen atoms in total. The van der Waals surface area contributed by atoms with Crippen molar-refractivity contribution in [2.24, 2.45) is 0 Å². The smallest absolute Gasteiger partial charge is 0.221 e. The molecule has 0 saturated carbocycles. The molecule has 0 amide bonds. The van der Waals surface area contributed by atoms with Crippen LogP contribution in [0.25, 0.3) is 5.69 Å². The van der Waals surface area contributed by atoms with Crippen LogP contribution in [-0.4, -0.2) is 38.3 Å². The number of tetrazole rings is 1. The number of rotatable bonds is 5. The Balaban J connectivity index is 1.55. The van der Waals surface area contributed by atoms with Crippen molar-refractivity contribution >= 4 is 23.6 Å². The molecule has 3 aromatic rings. The van der Waals surface area contributed by atoms with E-state index in [1.54, 1.807) is 16.5 Å². The molecule has 1 atom stereocenters.